The van der Waals surface area contributed by atoms with E-state index in [-0.39, 0.29) is 4.75 Å². The van der Waals surface area contributed by atoms with Crippen LogP contribution < -0.4 is 5.73 Å². The summed E-state index contributed by atoms with van der Waals surface area (Å²) < 4.78 is 1.28. The Morgan fingerprint density at radius 3 is 2.46 bits per heavy atom. The van der Waals surface area contributed by atoms with E-state index in [1.54, 1.807) is 11.8 Å². The molecule has 0 spiro atoms. The molecule has 0 saturated carbocycles. The highest BCUT2D eigenvalue weighted by Crippen LogP contribution is 2.36. The van der Waals surface area contributed by atoms with Gasteiger partial charge in [0.15, 0.2) is 0 Å². The second-order valence-electron chi connectivity index (χ2n) is 3.90. The molecule has 13 heavy (non-hydrogen) atoms. The van der Waals surface area contributed by atoms with Crippen LogP contribution in [-0.2, 0) is 0 Å². The van der Waals surface area contributed by atoms with E-state index in [1.807, 2.05) is 12.1 Å². The number of anilines is 1. The van der Waals surface area contributed by atoms with Crippen molar-refractivity contribution in [2.75, 3.05) is 5.73 Å². The minimum absolute atomic E-state index is 0.203. The predicted octanol–water partition coefficient (Wildman–Crippen LogP) is 3.92. The van der Waals surface area contributed by atoms with Crippen molar-refractivity contribution in [3.8, 4) is 0 Å². The molecule has 0 aliphatic carbocycles. The Labute approximate surface area is 92.2 Å². The first-order chi connectivity index (χ1) is 5.88. The maximum Gasteiger partial charge on any atom is 0.0453 e. The van der Waals surface area contributed by atoms with Crippen LogP contribution in [0.1, 0.15) is 20.8 Å². The minimum atomic E-state index is 0.203. The molecule has 72 valence electrons. The molecular weight excluding hydrogens is 246 g/mol. The number of rotatable bonds is 1. The van der Waals surface area contributed by atoms with Crippen LogP contribution in [0.3, 0.4) is 0 Å². The highest BCUT2D eigenvalue weighted by atomic mass is 79.9. The molecule has 0 bridgehead atoms. The Morgan fingerprint density at radius 2 is 1.92 bits per heavy atom. The number of hydrogen-bond donors (Lipinski definition) is 1. The van der Waals surface area contributed by atoms with Crippen molar-refractivity contribution < 1.29 is 0 Å². The van der Waals surface area contributed by atoms with Crippen LogP contribution in [0.25, 0.3) is 0 Å². The number of halogens is 1. The Balaban J connectivity index is 2.94. The summed E-state index contributed by atoms with van der Waals surface area (Å²) in [7, 11) is 0. The van der Waals surface area contributed by atoms with Gasteiger partial charge in [0.25, 0.3) is 0 Å². The van der Waals surface area contributed by atoms with Crippen LogP contribution in [0.5, 0.6) is 0 Å². The molecule has 0 aliphatic heterocycles. The summed E-state index contributed by atoms with van der Waals surface area (Å²) in [5, 5.41) is 0. The second-order valence-corrected chi connectivity index (χ2v) is 6.68. The first-order valence-electron chi connectivity index (χ1n) is 4.12. The van der Waals surface area contributed by atoms with Gasteiger partial charge in [-0.25, -0.2) is 0 Å². The van der Waals surface area contributed by atoms with Crippen molar-refractivity contribution in [1.82, 2.24) is 0 Å². The van der Waals surface area contributed by atoms with Gasteiger partial charge in [-0.3, -0.25) is 0 Å². The standard InChI is InChI=1S/C10H14BrNS/c1-10(2,3)13-9-6-7(11)4-5-8(9)12/h4-6H,12H2,1-3H3. The van der Waals surface area contributed by atoms with E-state index in [0.717, 1.165) is 15.1 Å². The molecule has 0 saturated heterocycles. The quantitative estimate of drug-likeness (QED) is 0.611. The molecule has 3 heteroatoms. The molecule has 1 nitrogen and oxygen atoms in total. The summed E-state index contributed by atoms with van der Waals surface area (Å²) in [5.74, 6) is 0. The van der Waals surface area contributed by atoms with Crippen molar-refractivity contribution in [3.63, 3.8) is 0 Å². The SMILES string of the molecule is CC(C)(C)Sc1cc(Br)ccc1N. The lowest BCUT2D eigenvalue weighted by atomic mass is 10.3. The monoisotopic (exact) mass is 259 g/mol. The molecule has 1 aromatic rings. The fourth-order valence-corrected chi connectivity index (χ4v) is 2.47. The summed E-state index contributed by atoms with van der Waals surface area (Å²) >= 11 is 5.22. The minimum Gasteiger partial charge on any atom is -0.398 e. The van der Waals surface area contributed by atoms with E-state index in [0.29, 0.717) is 0 Å². The first kappa shape index (κ1) is 10.9. The molecule has 0 aliphatic rings. The number of nitrogens with two attached hydrogens (primary N) is 1. The van der Waals surface area contributed by atoms with Crippen LogP contribution in [0.2, 0.25) is 0 Å². The third-order valence-electron chi connectivity index (χ3n) is 1.39. The van der Waals surface area contributed by atoms with Gasteiger partial charge in [-0.05, 0) is 18.2 Å². The highest BCUT2D eigenvalue weighted by molar-refractivity contribution is 9.10. The molecular formula is C10H14BrNS. The predicted molar refractivity (Wildman–Crippen MR) is 64.2 cm³/mol. The zero-order valence-electron chi connectivity index (χ0n) is 8.10. The van der Waals surface area contributed by atoms with Gasteiger partial charge >= 0.3 is 0 Å². The number of hydrogen-bond acceptors (Lipinski definition) is 2. The second kappa shape index (κ2) is 3.93. The summed E-state index contributed by atoms with van der Waals surface area (Å²) in [6.07, 6.45) is 0. The van der Waals surface area contributed by atoms with Crippen LogP contribution in [0, 0.1) is 0 Å². The fourth-order valence-electron chi connectivity index (χ4n) is 0.926. The van der Waals surface area contributed by atoms with Gasteiger partial charge in [0, 0.05) is 19.8 Å². The summed E-state index contributed by atoms with van der Waals surface area (Å²) in [6, 6.07) is 5.95. The summed E-state index contributed by atoms with van der Waals surface area (Å²) in [6.45, 7) is 6.54. The van der Waals surface area contributed by atoms with Crippen molar-refractivity contribution in [3.05, 3.63) is 22.7 Å². The van der Waals surface area contributed by atoms with Crippen LogP contribution in [-0.4, -0.2) is 4.75 Å². The van der Waals surface area contributed by atoms with Crippen molar-refractivity contribution in [2.24, 2.45) is 0 Å². The number of thioether (sulfide) groups is 1. The Bertz CT molecular complexity index is 304. The lowest BCUT2D eigenvalue weighted by Gasteiger charge is -2.18. The van der Waals surface area contributed by atoms with Gasteiger partial charge in [-0.1, -0.05) is 36.7 Å². The fraction of sp³-hybridized carbons (Fsp3) is 0.400. The Morgan fingerprint density at radius 1 is 1.31 bits per heavy atom. The molecule has 1 rings (SSSR count). The van der Waals surface area contributed by atoms with Crippen molar-refractivity contribution >= 4 is 33.4 Å². The summed E-state index contributed by atoms with van der Waals surface area (Å²) in [5.41, 5.74) is 6.71. The number of benzene rings is 1. The smallest absolute Gasteiger partial charge is 0.0453 e. The molecule has 0 fully saturated rings. The van der Waals surface area contributed by atoms with E-state index in [9.17, 15) is 0 Å². The largest absolute Gasteiger partial charge is 0.398 e. The van der Waals surface area contributed by atoms with E-state index in [1.165, 1.54) is 0 Å². The van der Waals surface area contributed by atoms with E-state index in [2.05, 4.69) is 42.8 Å². The Hall–Kier alpha value is -0.150. The molecule has 1 aromatic carbocycles. The van der Waals surface area contributed by atoms with Crippen LogP contribution >= 0.6 is 27.7 Å². The van der Waals surface area contributed by atoms with Gasteiger partial charge in [-0.15, -0.1) is 11.8 Å². The molecule has 0 radical (unpaired) electrons. The van der Waals surface area contributed by atoms with E-state index < -0.39 is 0 Å². The van der Waals surface area contributed by atoms with Crippen molar-refractivity contribution in [2.45, 2.75) is 30.4 Å². The van der Waals surface area contributed by atoms with Gasteiger partial charge in [0.1, 0.15) is 0 Å². The topological polar surface area (TPSA) is 26.0 Å². The third-order valence-corrected chi connectivity index (χ3v) is 3.07. The lowest BCUT2D eigenvalue weighted by Crippen LogP contribution is -2.07. The molecule has 0 amide bonds. The highest BCUT2D eigenvalue weighted by Gasteiger charge is 2.13. The van der Waals surface area contributed by atoms with Gasteiger partial charge in [0.2, 0.25) is 0 Å². The average Bonchev–Trinajstić information content (AvgIpc) is 1.94. The molecule has 0 aromatic heterocycles. The third kappa shape index (κ3) is 3.61. The molecule has 0 unspecified atom stereocenters. The average molecular weight is 260 g/mol. The van der Waals surface area contributed by atoms with Gasteiger partial charge in [-0.2, -0.15) is 0 Å². The summed E-state index contributed by atoms with van der Waals surface area (Å²) in [4.78, 5) is 1.14. The maximum atomic E-state index is 5.85. The lowest BCUT2D eigenvalue weighted by molar-refractivity contribution is 0.803. The van der Waals surface area contributed by atoms with E-state index in [4.69, 9.17) is 5.73 Å². The molecule has 0 heterocycles. The van der Waals surface area contributed by atoms with Crippen molar-refractivity contribution in [1.29, 1.82) is 0 Å². The number of nitrogen functional groups attached to an aromatic ring is 1. The van der Waals surface area contributed by atoms with Gasteiger partial charge in [0.05, 0.1) is 0 Å². The molecule has 2 N–H and O–H groups in total. The normalized spacial score (nSPS) is 11.7. The molecule has 0 atom stereocenters. The maximum absolute atomic E-state index is 5.85. The van der Waals surface area contributed by atoms with Crippen LogP contribution in [0.15, 0.2) is 27.6 Å². The zero-order valence-corrected chi connectivity index (χ0v) is 10.5. The van der Waals surface area contributed by atoms with Crippen LogP contribution in [0.4, 0.5) is 5.69 Å². The zero-order chi connectivity index (χ0) is 10.1. The van der Waals surface area contributed by atoms with Gasteiger partial charge < -0.3 is 5.73 Å². The first-order valence-corrected chi connectivity index (χ1v) is 5.73. The van der Waals surface area contributed by atoms with E-state index >= 15 is 0 Å². The Kier molecular flexibility index (Phi) is 3.30.